The number of benzene rings is 1. The Balaban J connectivity index is 2.89. The molecule has 0 radical (unpaired) electrons. The zero-order valence-electron chi connectivity index (χ0n) is 13.5. The number of ether oxygens (including phenoxy) is 1. The van der Waals surface area contributed by atoms with Gasteiger partial charge in [0.1, 0.15) is 5.82 Å². The van der Waals surface area contributed by atoms with Gasteiger partial charge in [0.05, 0.1) is 6.10 Å². The van der Waals surface area contributed by atoms with Crippen LogP contribution in [0.2, 0.25) is 0 Å². The van der Waals surface area contributed by atoms with Crippen molar-refractivity contribution in [3.05, 3.63) is 34.1 Å². The molecular formula is C17H27BrFNO. The molecule has 0 aliphatic heterocycles. The van der Waals surface area contributed by atoms with E-state index in [2.05, 4.69) is 42.0 Å². The summed E-state index contributed by atoms with van der Waals surface area (Å²) in [5.74, 6) is 0.215. The van der Waals surface area contributed by atoms with Crippen LogP contribution < -0.4 is 5.32 Å². The van der Waals surface area contributed by atoms with Crippen molar-refractivity contribution >= 4 is 15.9 Å². The fourth-order valence-corrected chi connectivity index (χ4v) is 3.04. The second kappa shape index (κ2) is 9.54. The first-order valence-electron chi connectivity index (χ1n) is 7.78. The van der Waals surface area contributed by atoms with Crippen molar-refractivity contribution < 1.29 is 9.13 Å². The minimum Gasteiger partial charge on any atom is -0.377 e. The van der Waals surface area contributed by atoms with Crippen LogP contribution in [-0.2, 0) is 11.2 Å². The summed E-state index contributed by atoms with van der Waals surface area (Å²) in [4.78, 5) is 0. The van der Waals surface area contributed by atoms with E-state index in [4.69, 9.17) is 4.74 Å². The number of hydrogen-bond acceptors (Lipinski definition) is 2. The van der Waals surface area contributed by atoms with Gasteiger partial charge >= 0.3 is 0 Å². The van der Waals surface area contributed by atoms with Crippen LogP contribution in [0.15, 0.2) is 22.7 Å². The van der Waals surface area contributed by atoms with E-state index in [0.29, 0.717) is 12.5 Å². The third-order valence-electron chi connectivity index (χ3n) is 3.52. The van der Waals surface area contributed by atoms with Gasteiger partial charge in [0, 0.05) is 17.1 Å². The van der Waals surface area contributed by atoms with Crippen LogP contribution in [0.3, 0.4) is 0 Å². The highest BCUT2D eigenvalue weighted by molar-refractivity contribution is 9.10. The molecule has 0 saturated heterocycles. The van der Waals surface area contributed by atoms with E-state index in [9.17, 15) is 4.39 Å². The van der Waals surface area contributed by atoms with E-state index in [1.54, 1.807) is 0 Å². The Morgan fingerprint density at radius 1 is 1.29 bits per heavy atom. The number of halogens is 2. The molecule has 0 aliphatic rings. The Morgan fingerprint density at radius 3 is 2.52 bits per heavy atom. The third kappa shape index (κ3) is 6.05. The van der Waals surface area contributed by atoms with Crippen molar-refractivity contribution in [2.75, 3.05) is 13.2 Å². The fourth-order valence-electron chi connectivity index (χ4n) is 2.52. The lowest BCUT2D eigenvalue weighted by molar-refractivity contribution is 0.00358. The summed E-state index contributed by atoms with van der Waals surface area (Å²) in [5.41, 5.74) is 1.11. The van der Waals surface area contributed by atoms with E-state index >= 15 is 0 Å². The summed E-state index contributed by atoms with van der Waals surface area (Å²) in [7, 11) is 0. The minimum atomic E-state index is -0.214. The highest BCUT2D eigenvalue weighted by Gasteiger charge is 2.25. The SMILES string of the molecule is CCCNC(Cc1ccc(F)cc1Br)C(OCC)C(C)C. The summed E-state index contributed by atoms with van der Waals surface area (Å²) >= 11 is 3.46. The van der Waals surface area contributed by atoms with Crippen molar-refractivity contribution in [2.24, 2.45) is 5.92 Å². The molecule has 2 unspecified atom stereocenters. The van der Waals surface area contributed by atoms with E-state index < -0.39 is 0 Å². The van der Waals surface area contributed by atoms with Crippen LogP contribution >= 0.6 is 15.9 Å². The average Bonchev–Trinajstić information content (AvgIpc) is 2.43. The topological polar surface area (TPSA) is 21.3 Å². The smallest absolute Gasteiger partial charge is 0.124 e. The predicted molar refractivity (Wildman–Crippen MR) is 90.1 cm³/mol. The Morgan fingerprint density at radius 2 is 2.00 bits per heavy atom. The molecule has 2 atom stereocenters. The molecule has 0 amide bonds. The first-order chi connectivity index (χ1) is 9.99. The largest absolute Gasteiger partial charge is 0.377 e. The first kappa shape index (κ1) is 18.6. The van der Waals surface area contributed by atoms with Gasteiger partial charge in [0.2, 0.25) is 0 Å². The molecule has 0 aliphatic carbocycles. The zero-order chi connectivity index (χ0) is 15.8. The average molecular weight is 360 g/mol. The Hall–Kier alpha value is -0.450. The number of rotatable bonds is 9. The molecule has 0 bridgehead atoms. The maximum Gasteiger partial charge on any atom is 0.124 e. The van der Waals surface area contributed by atoms with Gasteiger partial charge in [-0.15, -0.1) is 0 Å². The molecule has 0 saturated carbocycles. The van der Waals surface area contributed by atoms with Gasteiger partial charge in [-0.1, -0.05) is 42.8 Å². The second-order valence-electron chi connectivity index (χ2n) is 5.66. The van der Waals surface area contributed by atoms with E-state index in [0.717, 1.165) is 29.4 Å². The van der Waals surface area contributed by atoms with Crippen molar-refractivity contribution in [2.45, 2.75) is 52.7 Å². The molecule has 1 aromatic carbocycles. The molecule has 0 fully saturated rings. The van der Waals surface area contributed by atoms with Crippen LogP contribution in [0.5, 0.6) is 0 Å². The Bertz CT molecular complexity index is 425. The predicted octanol–water partition coefficient (Wildman–Crippen LogP) is 4.56. The van der Waals surface area contributed by atoms with Crippen LogP contribution in [0.4, 0.5) is 4.39 Å². The van der Waals surface area contributed by atoms with Crippen LogP contribution in [-0.4, -0.2) is 25.3 Å². The molecular weight excluding hydrogens is 333 g/mol. The summed E-state index contributed by atoms with van der Waals surface area (Å²) < 4.78 is 20.0. The highest BCUT2D eigenvalue weighted by Crippen LogP contribution is 2.22. The van der Waals surface area contributed by atoms with Crippen molar-refractivity contribution in [1.29, 1.82) is 0 Å². The Labute approximate surface area is 136 Å². The molecule has 0 heterocycles. The van der Waals surface area contributed by atoms with E-state index in [1.807, 2.05) is 13.0 Å². The molecule has 120 valence electrons. The first-order valence-corrected chi connectivity index (χ1v) is 8.57. The van der Waals surface area contributed by atoms with Gasteiger partial charge in [-0.3, -0.25) is 0 Å². The van der Waals surface area contributed by atoms with E-state index in [-0.39, 0.29) is 18.0 Å². The third-order valence-corrected chi connectivity index (χ3v) is 4.26. The van der Waals surface area contributed by atoms with E-state index in [1.165, 1.54) is 12.1 Å². The zero-order valence-corrected chi connectivity index (χ0v) is 15.0. The summed E-state index contributed by atoms with van der Waals surface area (Å²) in [6.45, 7) is 10.2. The maximum atomic E-state index is 13.2. The van der Waals surface area contributed by atoms with Gasteiger partial charge < -0.3 is 10.1 Å². The second-order valence-corrected chi connectivity index (χ2v) is 6.52. The summed E-state index contributed by atoms with van der Waals surface area (Å²) in [6.07, 6.45) is 2.06. The molecule has 0 aromatic heterocycles. The van der Waals surface area contributed by atoms with Crippen LogP contribution in [0, 0.1) is 11.7 Å². The maximum absolute atomic E-state index is 13.2. The van der Waals surface area contributed by atoms with Gasteiger partial charge in [-0.05, 0) is 49.9 Å². The van der Waals surface area contributed by atoms with Gasteiger partial charge in [0.15, 0.2) is 0 Å². The quantitative estimate of drug-likeness (QED) is 0.697. The van der Waals surface area contributed by atoms with Gasteiger partial charge in [-0.2, -0.15) is 0 Å². The lowest BCUT2D eigenvalue weighted by Gasteiger charge is -2.31. The summed E-state index contributed by atoms with van der Waals surface area (Å²) in [6, 6.07) is 5.12. The monoisotopic (exact) mass is 359 g/mol. The molecule has 4 heteroatoms. The normalized spacial score (nSPS) is 14.4. The van der Waals surface area contributed by atoms with Crippen molar-refractivity contribution in [3.63, 3.8) is 0 Å². The molecule has 1 N–H and O–H groups in total. The highest BCUT2D eigenvalue weighted by atomic mass is 79.9. The number of hydrogen-bond donors (Lipinski definition) is 1. The van der Waals surface area contributed by atoms with Gasteiger partial charge in [0.25, 0.3) is 0 Å². The molecule has 1 aromatic rings. The Kier molecular flexibility index (Phi) is 8.45. The lowest BCUT2D eigenvalue weighted by Crippen LogP contribution is -2.46. The van der Waals surface area contributed by atoms with Gasteiger partial charge in [-0.25, -0.2) is 4.39 Å². The lowest BCUT2D eigenvalue weighted by atomic mass is 9.93. The summed E-state index contributed by atoms with van der Waals surface area (Å²) in [5, 5.41) is 3.59. The molecule has 0 spiro atoms. The van der Waals surface area contributed by atoms with Crippen LogP contribution in [0.1, 0.15) is 39.7 Å². The molecule has 1 rings (SSSR count). The minimum absolute atomic E-state index is 0.151. The van der Waals surface area contributed by atoms with Crippen LogP contribution in [0.25, 0.3) is 0 Å². The number of nitrogens with one attached hydrogen (secondary N) is 1. The fraction of sp³-hybridized carbons (Fsp3) is 0.647. The van der Waals surface area contributed by atoms with Crippen molar-refractivity contribution in [1.82, 2.24) is 5.32 Å². The molecule has 21 heavy (non-hydrogen) atoms. The van der Waals surface area contributed by atoms with Crippen molar-refractivity contribution in [3.8, 4) is 0 Å². The molecule has 2 nitrogen and oxygen atoms in total. The standard InChI is InChI=1S/C17H27BrFNO/c1-5-9-20-16(17(12(3)4)21-6-2)10-13-7-8-14(19)11-15(13)18/h7-8,11-12,16-17,20H,5-6,9-10H2,1-4H3.